The van der Waals surface area contributed by atoms with Gasteiger partial charge in [-0.3, -0.25) is 4.79 Å². The fourth-order valence-corrected chi connectivity index (χ4v) is 2.56. The van der Waals surface area contributed by atoms with Crippen LogP contribution in [-0.4, -0.2) is 12.5 Å². The van der Waals surface area contributed by atoms with E-state index >= 15 is 0 Å². The standard InChI is InChI=1S/C19H17F2NO3/c1-3-24-16-6-4-5-12-9-17(25-18(12)16)11(2)22-19(23)14-10-13(20)7-8-15(14)21/h4-11H,3H2,1-2H3,(H,22,23). The normalized spacial score (nSPS) is 12.2. The number of benzene rings is 2. The summed E-state index contributed by atoms with van der Waals surface area (Å²) in [4.78, 5) is 12.2. The maximum atomic E-state index is 13.7. The zero-order valence-electron chi connectivity index (χ0n) is 13.8. The number of carbonyl (C=O) groups is 1. The SMILES string of the molecule is CCOc1cccc2cc(C(C)NC(=O)c3cc(F)ccc3F)oc12. The molecule has 2 aromatic carbocycles. The molecule has 1 aromatic heterocycles. The molecule has 1 atom stereocenters. The highest BCUT2D eigenvalue weighted by Gasteiger charge is 2.19. The van der Waals surface area contributed by atoms with Crippen molar-refractivity contribution in [3.8, 4) is 5.75 Å². The smallest absolute Gasteiger partial charge is 0.254 e. The third-order valence-corrected chi connectivity index (χ3v) is 3.77. The first-order chi connectivity index (χ1) is 12.0. The minimum atomic E-state index is -0.783. The molecule has 3 rings (SSSR count). The van der Waals surface area contributed by atoms with Crippen LogP contribution in [0.4, 0.5) is 8.78 Å². The van der Waals surface area contributed by atoms with Gasteiger partial charge in [0.1, 0.15) is 17.4 Å². The number of halogens is 2. The Hall–Kier alpha value is -2.89. The molecule has 0 aliphatic carbocycles. The van der Waals surface area contributed by atoms with Crippen molar-refractivity contribution in [3.05, 3.63) is 65.4 Å². The molecule has 6 heteroatoms. The van der Waals surface area contributed by atoms with E-state index in [1.807, 2.05) is 19.1 Å². The van der Waals surface area contributed by atoms with Gasteiger partial charge in [-0.2, -0.15) is 0 Å². The molecular weight excluding hydrogens is 328 g/mol. The van der Waals surface area contributed by atoms with E-state index in [0.29, 0.717) is 23.7 Å². The molecule has 0 fully saturated rings. The molecule has 1 amide bonds. The van der Waals surface area contributed by atoms with Crippen LogP contribution in [0.2, 0.25) is 0 Å². The van der Waals surface area contributed by atoms with Crippen LogP contribution in [0.15, 0.2) is 46.9 Å². The lowest BCUT2D eigenvalue weighted by Crippen LogP contribution is -2.27. The summed E-state index contributed by atoms with van der Waals surface area (Å²) in [7, 11) is 0. The predicted molar refractivity (Wildman–Crippen MR) is 89.6 cm³/mol. The van der Waals surface area contributed by atoms with Gasteiger partial charge < -0.3 is 14.5 Å². The van der Waals surface area contributed by atoms with Crippen molar-refractivity contribution in [1.29, 1.82) is 0 Å². The predicted octanol–water partition coefficient (Wildman–Crippen LogP) is 4.60. The quantitative estimate of drug-likeness (QED) is 0.735. The molecule has 0 aliphatic rings. The Kier molecular flexibility index (Phi) is 4.70. The number of hydrogen-bond donors (Lipinski definition) is 1. The van der Waals surface area contributed by atoms with Gasteiger partial charge in [0.05, 0.1) is 18.2 Å². The van der Waals surface area contributed by atoms with Crippen LogP contribution in [0.25, 0.3) is 11.0 Å². The summed E-state index contributed by atoms with van der Waals surface area (Å²) in [6.07, 6.45) is 0. The number of fused-ring (bicyclic) bond motifs is 1. The summed E-state index contributed by atoms with van der Waals surface area (Å²) in [5, 5.41) is 3.45. The number of para-hydroxylation sites is 1. The highest BCUT2D eigenvalue weighted by Crippen LogP contribution is 2.31. The van der Waals surface area contributed by atoms with Gasteiger partial charge in [-0.25, -0.2) is 8.78 Å². The molecule has 3 aromatic rings. The number of nitrogens with one attached hydrogen (secondary N) is 1. The first-order valence-electron chi connectivity index (χ1n) is 7.90. The van der Waals surface area contributed by atoms with Crippen LogP contribution in [0.5, 0.6) is 5.75 Å². The highest BCUT2D eigenvalue weighted by atomic mass is 19.1. The largest absolute Gasteiger partial charge is 0.490 e. The second-order valence-electron chi connectivity index (χ2n) is 5.58. The van der Waals surface area contributed by atoms with Crippen LogP contribution < -0.4 is 10.1 Å². The molecule has 0 saturated carbocycles. The number of amides is 1. The Morgan fingerprint density at radius 1 is 1.24 bits per heavy atom. The van der Waals surface area contributed by atoms with Crippen molar-refractivity contribution >= 4 is 16.9 Å². The maximum absolute atomic E-state index is 13.7. The van der Waals surface area contributed by atoms with E-state index in [-0.39, 0.29) is 5.56 Å². The summed E-state index contributed by atoms with van der Waals surface area (Å²) in [5.74, 6) is -1.07. The van der Waals surface area contributed by atoms with Gasteiger partial charge in [0.25, 0.3) is 5.91 Å². The molecule has 4 nitrogen and oxygen atoms in total. The number of carbonyl (C=O) groups excluding carboxylic acids is 1. The van der Waals surface area contributed by atoms with E-state index in [4.69, 9.17) is 9.15 Å². The molecule has 0 saturated heterocycles. The molecule has 1 unspecified atom stereocenters. The van der Waals surface area contributed by atoms with Crippen LogP contribution in [0.1, 0.15) is 36.0 Å². The Morgan fingerprint density at radius 2 is 2.04 bits per heavy atom. The highest BCUT2D eigenvalue weighted by molar-refractivity contribution is 5.94. The van der Waals surface area contributed by atoms with Gasteiger partial charge in [0, 0.05) is 5.39 Å². The number of furan rings is 1. The van der Waals surface area contributed by atoms with Crippen molar-refractivity contribution in [2.75, 3.05) is 6.61 Å². The fraction of sp³-hybridized carbons (Fsp3) is 0.211. The van der Waals surface area contributed by atoms with E-state index < -0.39 is 23.6 Å². The van der Waals surface area contributed by atoms with E-state index in [2.05, 4.69) is 5.32 Å². The van der Waals surface area contributed by atoms with Crippen LogP contribution >= 0.6 is 0 Å². The third kappa shape index (κ3) is 3.47. The van der Waals surface area contributed by atoms with Gasteiger partial charge in [-0.15, -0.1) is 0 Å². The molecule has 1 N–H and O–H groups in total. The van der Waals surface area contributed by atoms with Crippen molar-refractivity contribution in [2.45, 2.75) is 19.9 Å². The minimum Gasteiger partial charge on any atom is -0.490 e. The van der Waals surface area contributed by atoms with Gasteiger partial charge in [-0.05, 0) is 44.2 Å². The van der Waals surface area contributed by atoms with Crippen molar-refractivity contribution in [3.63, 3.8) is 0 Å². The average molecular weight is 345 g/mol. The van der Waals surface area contributed by atoms with Crippen molar-refractivity contribution in [1.82, 2.24) is 5.32 Å². The van der Waals surface area contributed by atoms with E-state index in [0.717, 1.165) is 23.6 Å². The van der Waals surface area contributed by atoms with Crippen LogP contribution in [-0.2, 0) is 0 Å². The van der Waals surface area contributed by atoms with Gasteiger partial charge in [0.2, 0.25) is 0 Å². The lowest BCUT2D eigenvalue weighted by Gasteiger charge is -2.12. The molecule has 25 heavy (non-hydrogen) atoms. The Bertz CT molecular complexity index is 920. The Morgan fingerprint density at radius 3 is 2.80 bits per heavy atom. The number of ether oxygens (including phenoxy) is 1. The summed E-state index contributed by atoms with van der Waals surface area (Å²) in [5.41, 5.74) is 0.232. The second kappa shape index (κ2) is 6.93. The summed E-state index contributed by atoms with van der Waals surface area (Å²) in [6.45, 7) is 4.08. The van der Waals surface area contributed by atoms with Crippen molar-refractivity contribution in [2.24, 2.45) is 0 Å². The van der Waals surface area contributed by atoms with E-state index in [1.54, 1.807) is 19.1 Å². The van der Waals surface area contributed by atoms with Gasteiger partial charge in [0.15, 0.2) is 11.3 Å². The van der Waals surface area contributed by atoms with E-state index in [1.165, 1.54) is 0 Å². The molecular formula is C19H17F2NO3. The lowest BCUT2D eigenvalue weighted by molar-refractivity contribution is 0.0931. The first kappa shape index (κ1) is 17.0. The molecule has 1 heterocycles. The van der Waals surface area contributed by atoms with E-state index in [9.17, 15) is 13.6 Å². The Balaban J connectivity index is 1.84. The third-order valence-electron chi connectivity index (χ3n) is 3.77. The minimum absolute atomic E-state index is 0.349. The first-order valence-corrected chi connectivity index (χ1v) is 7.90. The van der Waals surface area contributed by atoms with Crippen LogP contribution in [0, 0.1) is 11.6 Å². The van der Waals surface area contributed by atoms with Gasteiger partial charge in [-0.1, -0.05) is 12.1 Å². The van der Waals surface area contributed by atoms with Gasteiger partial charge >= 0.3 is 0 Å². The monoisotopic (exact) mass is 345 g/mol. The average Bonchev–Trinajstić information content (AvgIpc) is 3.02. The fourth-order valence-electron chi connectivity index (χ4n) is 2.56. The Labute approximate surface area is 143 Å². The topological polar surface area (TPSA) is 51.5 Å². The summed E-state index contributed by atoms with van der Waals surface area (Å²) in [6, 6.07) is 9.51. The lowest BCUT2D eigenvalue weighted by atomic mass is 10.1. The van der Waals surface area contributed by atoms with Crippen LogP contribution in [0.3, 0.4) is 0 Å². The maximum Gasteiger partial charge on any atom is 0.254 e. The molecule has 0 spiro atoms. The molecule has 0 radical (unpaired) electrons. The van der Waals surface area contributed by atoms with Crippen molar-refractivity contribution < 1.29 is 22.7 Å². The molecule has 130 valence electrons. The summed E-state index contributed by atoms with van der Waals surface area (Å²) < 4.78 is 38.3. The zero-order chi connectivity index (χ0) is 18.0. The second-order valence-corrected chi connectivity index (χ2v) is 5.58. The number of rotatable bonds is 5. The zero-order valence-corrected chi connectivity index (χ0v) is 13.8. The molecule has 0 bridgehead atoms. The summed E-state index contributed by atoms with van der Waals surface area (Å²) >= 11 is 0. The number of hydrogen-bond acceptors (Lipinski definition) is 3. The molecule has 0 aliphatic heterocycles.